The molecule has 0 bridgehead atoms. The largest absolute Gasteiger partial charge is 0.303 e. The Morgan fingerprint density at radius 1 is 0.889 bits per heavy atom. The molecular formula is C22H25N3O2. The van der Waals surface area contributed by atoms with Crippen LogP contribution in [0, 0.1) is 0 Å². The molecule has 1 atom stereocenters. The first kappa shape index (κ1) is 17.9. The summed E-state index contributed by atoms with van der Waals surface area (Å²) in [6, 6.07) is 19.6. The summed E-state index contributed by atoms with van der Waals surface area (Å²) in [5.74, 6) is -0.247. The third-order valence-electron chi connectivity index (χ3n) is 5.43. The molecule has 4 rings (SSSR count). The fourth-order valence-electron chi connectivity index (χ4n) is 3.99. The molecule has 0 saturated carbocycles. The molecule has 2 fully saturated rings. The van der Waals surface area contributed by atoms with Crippen LogP contribution in [0.25, 0.3) is 0 Å². The van der Waals surface area contributed by atoms with Gasteiger partial charge in [0.05, 0.1) is 18.2 Å². The van der Waals surface area contributed by atoms with Gasteiger partial charge in [0.1, 0.15) is 0 Å². The van der Waals surface area contributed by atoms with Gasteiger partial charge in [-0.05, 0) is 43.6 Å². The number of piperidine rings is 1. The highest BCUT2D eigenvalue weighted by molar-refractivity contribution is 6.22. The highest BCUT2D eigenvalue weighted by Crippen LogP contribution is 2.24. The maximum Gasteiger partial charge on any atom is 0.251 e. The Kier molecular flexibility index (Phi) is 5.32. The van der Waals surface area contributed by atoms with Crippen LogP contribution in [0.3, 0.4) is 0 Å². The number of anilines is 1. The van der Waals surface area contributed by atoms with Crippen molar-refractivity contribution in [2.24, 2.45) is 0 Å². The average molecular weight is 363 g/mol. The molecule has 27 heavy (non-hydrogen) atoms. The van der Waals surface area contributed by atoms with Crippen molar-refractivity contribution in [3.05, 3.63) is 66.2 Å². The number of carbonyl (C=O) groups is 2. The van der Waals surface area contributed by atoms with Crippen LogP contribution < -0.4 is 10.2 Å². The van der Waals surface area contributed by atoms with Crippen molar-refractivity contribution in [1.82, 2.24) is 10.2 Å². The van der Waals surface area contributed by atoms with E-state index in [1.165, 1.54) is 10.5 Å². The van der Waals surface area contributed by atoms with E-state index in [1.807, 2.05) is 24.3 Å². The molecule has 2 heterocycles. The van der Waals surface area contributed by atoms with Gasteiger partial charge >= 0.3 is 0 Å². The molecule has 0 aliphatic carbocycles. The van der Waals surface area contributed by atoms with Crippen LogP contribution in [0.15, 0.2) is 60.7 Å². The van der Waals surface area contributed by atoms with Gasteiger partial charge in [0.25, 0.3) is 5.91 Å². The van der Waals surface area contributed by atoms with Gasteiger partial charge in [0.2, 0.25) is 5.91 Å². The van der Waals surface area contributed by atoms with E-state index in [0.717, 1.165) is 32.5 Å². The van der Waals surface area contributed by atoms with Gasteiger partial charge in [-0.25, -0.2) is 4.90 Å². The molecule has 0 spiro atoms. The number of nitrogens with one attached hydrogen (secondary N) is 1. The molecule has 2 aliphatic heterocycles. The highest BCUT2D eigenvalue weighted by Gasteiger charge is 2.40. The minimum Gasteiger partial charge on any atom is -0.303 e. The first-order valence-electron chi connectivity index (χ1n) is 9.65. The van der Waals surface area contributed by atoms with Crippen molar-refractivity contribution in [3.63, 3.8) is 0 Å². The number of hydrogen-bond acceptors (Lipinski definition) is 4. The first-order chi connectivity index (χ1) is 13.2. The van der Waals surface area contributed by atoms with Crippen LogP contribution in [-0.4, -0.2) is 41.9 Å². The molecule has 0 radical (unpaired) electrons. The lowest BCUT2D eigenvalue weighted by Crippen LogP contribution is -2.48. The Labute approximate surface area is 160 Å². The van der Waals surface area contributed by atoms with Gasteiger partial charge in [-0.2, -0.15) is 0 Å². The fourth-order valence-corrected chi connectivity index (χ4v) is 3.99. The van der Waals surface area contributed by atoms with Crippen molar-refractivity contribution in [2.75, 3.05) is 18.0 Å². The lowest BCUT2D eigenvalue weighted by atomic mass is 10.0. The summed E-state index contributed by atoms with van der Waals surface area (Å²) in [5.41, 5.74) is 1.99. The maximum atomic E-state index is 12.7. The number of carbonyl (C=O) groups excluding carboxylic acids is 2. The summed E-state index contributed by atoms with van der Waals surface area (Å²) in [6.07, 6.45) is 2.24. The molecule has 2 amide bonds. The predicted molar refractivity (Wildman–Crippen MR) is 105 cm³/mol. The van der Waals surface area contributed by atoms with E-state index in [4.69, 9.17) is 0 Å². The van der Waals surface area contributed by atoms with Crippen molar-refractivity contribution in [1.29, 1.82) is 0 Å². The number of rotatable bonds is 5. The zero-order chi connectivity index (χ0) is 18.6. The lowest BCUT2D eigenvalue weighted by molar-refractivity contribution is -0.121. The molecule has 0 aromatic heterocycles. The van der Waals surface area contributed by atoms with Gasteiger partial charge < -0.3 is 5.32 Å². The minimum absolute atomic E-state index is 0.120. The van der Waals surface area contributed by atoms with Crippen LogP contribution in [0.1, 0.15) is 24.8 Å². The highest BCUT2D eigenvalue weighted by atomic mass is 16.2. The van der Waals surface area contributed by atoms with Crippen LogP contribution in [0.4, 0.5) is 5.69 Å². The molecule has 2 aromatic carbocycles. The summed E-state index contributed by atoms with van der Waals surface area (Å²) < 4.78 is 0. The summed E-state index contributed by atoms with van der Waals surface area (Å²) in [7, 11) is 0. The van der Waals surface area contributed by atoms with Crippen LogP contribution >= 0.6 is 0 Å². The van der Waals surface area contributed by atoms with Gasteiger partial charge in [0.15, 0.2) is 0 Å². The zero-order valence-corrected chi connectivity index (χ0v) is 15.4. The van der Waals surface area contributed by atoms with Gasteiger partial charge in [0, 0.05) is 12.6 Å². The second-order valence-electron chi connectivity index (χ2n) is 7.36. The van der Waals surface area contributed by atoms with Crippen molar-refractivity contribution in [3.8, 4) is 0 Å². The average Bonchev–Trinajstić information content (AvgIpc) is 2.98. The van der Waals surface area contributed by atoms with E-state index in [9.17, 15) is 9.59 Å². The van der Waals surface area contributed by atoms with Crippen molar-refractivity contribution < 1.29 is 9.59 Å². The third kappa shape index (κ3) is 4.10. The number of hydrogen-bond donors (Lipinski definition) is 1. The molecule has 2 aromatic rings. The SMILES string of the molecule is O=C1CC(NC2CCN(Cc3ccccc3)CC2)C(=O)N1c1ccccc1. The van der Waals surface area contributed by atoms with E-state index < -0.39 is 6.04 Å². The molecule has 1 N–H and O–H groups in total. The Balaban J connectivity index is 1.30. The number of para-hydroxylation sites is 1. The lowest BCUT2D eigenvalue weighted by Gasteiger charge is -2.33. The molecule has 5 heteroatoms. The van der Waals surface area contributed by atoms with Gasteiger partial charge in [-0.3, -0.25) is 14.5 Å². The van der Waals surface area contributed by atoms with Gasteiger partial charge in [-0.1, -0.05) is 48.5 Å². The fraction of sp³-hybridized carbons (Fsp3) is 0.364. The topological polar surface area (TPSA) is 52.7 Å². The molecule has 1 unspecified atom stereocenters. The number of imide groups is 1. The molecule has 140 valence electrons. The quantitative estimate of drug-likeness (QED) is 0.830. The predicted octanol–water partition coefficient (Wildman–Crippen LogP) is 2.57. The van der Waals surface area contributed by atoms with E-state index in [1.54, 1.807) is 12.1 Å². The third-order valence-corrected chi connectivity index (χ3v) is 5.43. The van der Waals surface area contributed by atoms with Crippen molar-refractivity contribution in [2.45, 2.75) is 37.9 Å². The summed E-state index contributed by atoms with van der Waals surface area (Å²) >= 11 is 0. The minimum atomic E-state index is -0.400. The standard InChI is InChI=1S/C22H25N3O2/c26-21-15-20(22(27)25(21)19-9-5-2-6-10-19)23-18-11-13-24(14-12-18)16-17-7-3-1-4-8-17/h1-10,18,20,23H,11-16H2. The maximum absolute atomic E-state index is 12.7. The van der Waals surface area contributed by atoms with Crippen LogP contribution in [0.5, 0.6) is 0 Å². The number of nitrogens with zero attached hydrogens (tertiary/aromatic N) is 2. The van der Waals surface area contributed by atoms with Gasteiger partial charge in [-0.15, -0.1) is 0 Å². The second kappa shape index (κ2) is 8.03. The number of amides is 2. The molecule has 5 nitrogen and oxygen atoms in total. The summed E-state index contributed by atoms with van der Waals surface area (Å²) in [5, 5.41) is 3.44. The van der Waals surface area contributed by atoms with E-state index in [2.05, 4.69) is 34.5 Å². The van der Waals surface area contributed by atoms with Crippen molar-refractivity contribution >= 4 is 17.5 Å². The molecular weight excluding hydrogens is 338 g/mol. The van der Waals surface area contributed by atoms with E-state index in [0.29, 0.717) is 5.69 Å². The van der Waals surface area contributed by atoms with E-state index >= 15 is 0 Å². The Bertz CT molecular complexity index is 786. The Morgan fingerprint density at radius 2 is 1.52 bits per heavy atom. The summed E-state index contributed by atoms with van der Waals surface area (Å²) in [6.45, 7) is 2.98. The zero-order valence-electron chi connectivity index (χ0n) is 15.4. The number of benzene rings is 2. The smallest absolute Gasteiger partial charge is 0.251 e. The van der Waals surface area contributed by atoms with E-state index in [-0.39, 0.29) is 24.3 Å². The molecule has 2 saturated heterocycles. The monoisotopic (exact) mass is 363 g/mol. The van der Waals surface area contributed by atoms with Crippen LogP contribution in [-0.2, 0) is 16.1 Å². The summed E-state index contributed by atoms with van der Waals surface area (Å²) in [4.78, 5) is 28.8. The van der Waals surface area contributed by atoms with Crippen LogP contribution in [0.2, 0.25) is 0 Å². The Morgan fingerprint density at radius 3 is 2.19 bits per heavy atom. The second-order valence-corrected chi connectivity index (χ2v) is 7.36. The number of likely N-dealkylation sites (tertiary alicyclic amines) is 1. The molecule has 2 aliphatic rings. The first-order valence-corrected chi connectivity index (χ1v) is 9.65. The normalized spacial score (nSPS) is 21.8. The Hall–Kier alpha value is -2.50.